The van der Waals surface area contributed by atoms with Gasteiger partial charge in [0.25, 0.3) is 5.91 Å². The second-order valence-corrected chi connectivity index (χ2v) is 5.63. The van der Waals surface area contributed by atoms with Gasteiger partial charge in [0, 0.05) is 18.5 Å². The topological polar surface area (TPSA) is 80.8 Å². The molecule has 0 aromatic heterocycles. The van der Waals surface area contributed by atoms with Gasteiger partial charge in [0.05, 0.1) is 6.04 Å². The molecule has 1 atom stereocenters. The van der Waals surface area contributed by atoms with E-state index in [0.29, 0.717) is 12.1 Å². The summed E-state index contributed by atoms with van der Waals surface area (Å²) in [6, 6.07) is 4.85. The van der Waals surface area contributed by atoms with Crippen LogP contribution in [0.25, 0.3) is 0 Å². The fourth-order valence-corrected chi connectivity index (χ4v) is 2.82. The monoisotopic (exact) mass is 351 g/mol. The molecule has 0 spiro atoms. The maximum Gasteiger partial charge on any atom is 0.398 e. The van der Waals surface area contributed by atoms with Gasteiger partial charge in [-0.3, -0.25) is 14.4 Å². The first-order chi connectivity index (χ1) is 11.4. The van der Waals surface area contributed by atoms with Crippen LogP contribution in [0.5, 0.6) is 0 Å². The van der Waals surface area contributed by atoms with E-state index in [0.717, 1.165) is 11.1 Å². The van der Waals surface area contributed by atoms with E-state index in [4.69, 9.17) is 0 Å². The third-order valence-electron chi connectivity index (χ3n) is 3.70. The molecule has 1 amide bonds. The third-order valence-corrected chi connectivity index (χ3v) is 3.98. The van der Waals surface area contributed by atoms with Crippen LogP contribution in [0.3, 0.4) is 0 Å². The molecular formula is C17H22NO5P. The van der Waals surface area contributed by atoms with Crippen LogP contribution >= 0.6 is 8.69 Å². The van der Waals surface area contributed by atoms with Crippen LogP contribution in [-0.2, 0) is 25.2 Å². The molecular weight excluding hydrogens is 329 g/mol. The average Bonchev–Trinajstić information content (AvgIpc) is 2.85. The van der Waals surface area contributed by atoms with E-state index in [9.17, 15) is 18.9 Å². The van der Waals surface area contributed by atoms with E-state index in [2.05, 4.69) is 4.52 Å². The first-order valence-electron chi connectivity index (χ1n) is 7.87. The first kappa shape index (κ1) is 20.0. The molecule has 1 aromatic carbocycles. The normalized spacial score (nSPS) is 13.8. The number of fused-ring (bicyclic) bond motifs is 1. The number of aryl methyl sites for hydroxylation is 1. The van der Waals surface area contributed by atoms with Crippen LogP contribution in [0.2, 0.25) is 0 Å². The third kappa shape index (κ3) is 4.71. The van der Waals surface area contributed by atoms with E-state index in [1.165, 1.54) is 11.8 Å². The Bertz CT molecular complexity index is 644. The highest BCUT2D eigenvalue weighted by Gasteiger charge is 2.35. The molecule has 0 bridgehead atoms. The minimum absolute atomic E-state index is 0.0708. The molecule has 0 saturated carbocycles. The molecule has 0 fully saturated rings. The lowest BCUT2D eigenvalue weighted by molar-refractivity contribution is -0.134. The van der Waals surface area contributed by atoms with Crippen molar-refractivity contribution in [2.45, 2.75) is 53.1 Å². The minimum Gasteiger partial charge on any atom is -0.373 e. The molecule has 1 heterocycles. The zero-order valence-electron chi connectivity index (χ0n) is 14.4. The Morgan fingerprint density at radius 1 is 1.33 bits per heavy atom. The Morgan fingerprint density at radius 3 is 2.58 bits per heavy atom. The highest BCUT2D eigenvalue weighted by molar-refractivity contribution is 7.18. The summed E-state index contributed by atoms with van der Waals surface area (Å²) in [6.07, 6.45) is 0.0844. The number of benzene rings is 1. The van der Waals surface area contributed by atoms with Gasteiger partial charge in [-0.1, -0.05) is 31.5 Å². The van der Waals surface area contributed by atoms with Gasteiger partial charge in [0.15, 0.2) is 5.78 Å². The summed E-state index contributed by atoms with van der Waals surface area (Å²) < 4.78 is 14.5. The molecule has 130 valence electrons. The van der Waals surface area contributed by atoms with Crippen molar-refractivity contribution in [1.82, 2.24) is 4.90 Å². The molecule has 0 radical (unpaired) electrons. The summed E-state index contributed by atoms with van der Waals surface area (Å²) in [4.78, 5) is 37.1. The second kappa shape index (κ2) is 9.28. The number of carbonyl (C=O) groups is 3. The van der Waals surface area contributed by atoms with Crippen LogP contribution in [0.4, 0.5) is 0 Å². The lowest BCUT2D eigenvalue weighted by Crippen LogP contribution is -2.40. The van der Waals surface area contributed by atoms with Crippen molar-refractivity contribution in [2.24, 2.45) is 0 Å². The minimum atomic E-state index is -0.713. The van der Waals surface area contributed by atoms with Gasteiger partial charge >= 0.3 is 14.7 Å². The molecule has 24 heavy (non-hydrogen) atoms. The van der Waals surface area contributed by atoms with E-state index >= 15 is 0 Å². The molecule has 7 heteroatoms. The molecule has 1 aromatic rings. The highest BCUT2D eigenvalue weighted by atomic mass is 31.1. The van der Waals surface area contributed by atoms with Crippen LogP contribution in [0.1, 0.15) is 55.1 Å². The van der Waals surface area contributed by atoms with Gasteiger partial charge in [-0.25, -0.2) is 4.57 Å². The zero-order valence-corrected chi connectivity index (χ0v) is 15.3. The largest absolute Gasteiger partial charge is 0.398 e. The summed E-state index contributed by atoms with van der Waals surface area (Å²) in [5, 5.41) is 0. The van der Waals surface area contributed by atoms with Crippen molar-refractivity contribution in [3.63, 3.8) is 0 Å². The quantitative estimate of drug-likeness (QED) is 0.733. The van der Waals surface area contributed by atoms with E-state index < -0.39 is 20.7 Å². The van der Waals surface area contributed by atoms with E-state index in [1.807, 2.05) is 32.9 Å². The fraction of sp³-hybridized carbons (Fsp3) is 0.471. The Balaban J connectivity index is 0.00000139. The smallest absolute Gasteiger partial charge is 0.373 e. The van der Waals surface area contributed by atoms with Crippen LogP contribution in [-0.4, -0.2) is 28.6 Å². The van der Waals surface area contributed by atoms with E-state index in [1.54, 1.807) is 6.07 Å². The lowest BCUT2D eigenvalue weighted by atomic mass is 10.1. The number of hydrogen-bond donors (Lipinski definition) is 0. The second-order valence-electron chi connectivity index (χ2n) is 5.30. The summed E-state index contributed by atoms with van der Waals surface area (Å²) in [5.74, 6) is -1.06. The molecule has 0 N–H and O–H groups in total. The maximum absolute atomic E-state index is 12.4. The number of carbonyl (C=O) groups excluding carboxylic acids is 3. The van der Waals surface area contributed by atoms with Gasteiger partial charge in [-0.15, -0.1) is 0 Å². The van der Waals surface area contributed by atoms with E-state index in [-0.39, 0.29) is 24.5 Å². The molecule has 0 saturated heterocycles. The molecule has 1 aliphatic rings. The van der Waals surface area contributed by atoms with Gasteiger partial charge in [-0.05, 0) is 31.9 Å². The van der Waals surface area contributed by atoms with Gasteiger partial charge in [-0.2, -0.15) is 0 Å². The average molecular weight is 351 g/mol. The summed E-state index contributed by atoms with van der Waals surface area (Å²) in [6.45, 7) is 7.69. The predicted molar refractivity (Wildman–Crippen MR) is 89.8 cm³/mol. The Hall–Kier alpha value is -2.07. The summed E-state index contributed by atoms with van der Waals surface area (Å²) >= 11 is 0. The number of ketones is 1. The van der Waals surface area contributed by atoms with Gasteiger partial charge in [0.1, 0.15) is 0 Å². The Labute approximate surface area is 143 Å². The lowest BCUT2D eigenvalue weighted by Gasteiger charge is -2.25. The number of hydrogen-bond acceptors (Lipinski definition) is 5. The van der Waals surface area contributed by atoms with Crippen molar-refractivity contribution in [1.29, 1.82) is 0 Å². The summed E-state index contributed by atoms with van der Waals surface area (Å²) in [5.41, 5.74) is 2.53. The molecule has 6 nitrogen and oxygen atoms in total. The van der Waals surface area contributed by atoms with Crippen LogP contribution in [0.15, 0.2) is 18.2 Å². The molecule has 0 aliphatic carbocycles. The standard InChI is InChI=1S/C15H16NO5P.C2H6/c1-9-3-4-12-11(7-9)8-16(15(12)19)13(10(2)17)5-6-14(18)21-22-20;1-2/h3-4,7,13H,5-6,8H2,1-2H3;1-2H3. The zero-order chi connectivity index (χ0) is 18.3. The van der Waals surface area contributed by atoms with Crippen molar-refractivity contribution in [3.8, 4) is 0 Å². The van der Waals surface area contributed by atoms with Crippen LogP contribution < -0.4 is 0 Å². The summed E-state index contributed by atoms with van der Waals surface area (Å²) in [7, 11) is -0.713. The first-order valence-corrected chi connectivity index (χ1v) is 8.60. The number of nitrogens with zero attached hydrogens (tertiary/aromatic N) is 1. The maximum atomic E-state index is 12.4. The Kier molecular flexibility index (Phi) is 7.72. The molecule has 2 rings (SSSR count). The molecule has 1 aliphatic heterocycles. The fourth-order valence-electron chi connectivity index (χ4n) is 2.64. The van der Waals surface area contributed by atoms with Crippen molar-refractivity contribution in [3.05, 3.63) is 34.9 Å². The van der Waals surface area contributed by atoms with Gasteiger partial charge < -0.3 is 9.42 Å². The van der Waals surface area contributed by atoms with Crippen molar-refractivity contribution >= 4 is 26.3 Å². The number of Topliss-reactive ketones (excluding diaryl/α,β-unsaturated/α-hetero) is 1. The molecule has 1 unspecified atom stereocenters. The van der Waals surface area contributed by atoms with Crippen LogP contribution in [0, 0.1) is 6.92 Å². The Morgan fingerprint density at radius 2 is 2.00 bits per heavy atom. The predicted octanol–water partition coefficient (Wildman–Crippen LogP) is 3.46. The SMILES string of the molecule is CC.CC(=O)C(CCC(=O)OP=O)N1Cc2cc(C)ccc2C1=O. The van der Waals surface area contributed by atoms with Crippen molar-refractivity contribution in [2.75, 3.05) is 0 Å². The van der Waals surface area contributed by atoms with Crippen molar-refractivity contribution < 1.29 is 23.5 Å². The van der Waals surface area contributed by atoms with Gasteiger partial charge in [0.2, 0.25) is 0 Å². The number of amides is 1. The highest BCUT2D eigenvalue weighted by Crippen LogP contribution is 2.27. The number of rotatable bonds is 6.